The smallest absolute Gasteiger partial charge is 0.341 e. The van der Waals surface area contributed by atoms with Crippen molar-refractivity contribution < 1.29 is 14.7 Å². The lowest BCUT2D eigenvalue weighted by Gasteiger charge is -2.13. The van der Waals surface area contributed by atoms with Crippen molar-refractivity contribution in [1.82, 2.24) is 9.88 Å². The molecule has 0 spiro atoms. The molecule has 1 aromatic heterocycles. The fourth-order valence-electron chi connectivity index (χ4n) is 2.98. The monoisotopic (exact) mass is 418 g/mol. The number of pyridine rings is 1. The Balaban J connectivity index is 2.15. The maximum atomic E-state index is 12.7. The molecule has 28 heavy (non-hydrogen) atoms. The van der Waals surface area contributed by atoms with Gasteiger partial charge in [-0.05, 0) is 35.7 Å². The van der Waals surface area contributed by atoms with E-state index in [1.165, 1.54) is 17.8 Å². The first-order chi connectivity index (χ1) is 13.3. The minimum absolute atomic E-state index is 0.104. The Labute approximate surface area is 170 Å². The molecule has 0 aliphatic carbocycles. The van der Waals surface area contributed by atoms with Gasteiger partial charge in [0.15, 0.2) is 0 Å². The predicted molar refractivity (Wildman–Crippen MR) is 109 cm³/mol. The summed E-state index contributed by atoms with van der Waals surface area (Å²) in [5.74, 6) is -1.66. The number of likely N-dealkylation sites (N-methyl/N-ethyl adjacent to an activating group) is 1. The van der Waals surface area contributed by atoms with Gasteiger partial charge in [-0.15, -0.1) is 0 Å². The van der Waals surface area contributed by atoms with Crippen LogP contribution in [0.25, 0.3) is 10.9 Å². The van der Waals surface area contributed by atoms with Crippen LogP contribution in [0.2, 0.25) is 10.0 Å². The van der Waals surface area contributed by atoms with E-state index in [2.05, 4.69) is 5.32 Å². The highest BCUT2D eigenvalue weighted by Gasteiger charge is 2.16. The van der Waals surface area contributed by atoms with E-state index in [0.717, 1.165) is 11.1 Å². The van der Waals surface area contributed by atoms with E-state index in [0.29, 0.717) is 22.0 Å². The van der Waals surface area contributed by atoms with E-state index in [4.69, 9.17) is 23.2 Å². The predicted octanol–water partition coefficient (Wildman–Crippen LogP) is 3.34. The number of nitrogens with one attached hydrogen (secondary N) is 1. The zero-order valence-corrected chi connectivity index (χ0v) is 16.3. The summed E-state index contributed by atoms with van der Waals surface area (Å²) < 4.78 is 1.45. The van der Waals surface area contributed by atoms with Gasteiger partial charge in [0.05, 0.1) is 15.6 Å². The van der Waals surface area contributed by atoms with Crippen LogP contribution in [-0.2, 0) is 17.8 Å². The maximum absolute atomic E-state index is 12.7. The average Bonchev–Trinajstić information content (AvgIpc) is 2.67. The van der Waals surface area contributed by atoms with Crippen LogP contribution in [0.15, 0.2) is 47.4 Å². The average molecular weight is 419 g/mol. The molecule has 0 saturated heterocycles. The molecule has 0 atom stereocenters. The Morgan fingerprint density at radius 1 is 1.18 bits per heavy atom. The van der Waals surface area contributed by atoms with Gasteiger partial charge in [-0.3, -0.25) is 9.59 Å². The zero-order chi connectivity index (χ0) is 20.4. The third kappa shape index (κ3) is 3.88. The lowest BCUT2D eigenvalue weighted by molar-refractivity contribution is -0.121. The molecule has 1 amide bonds. The number of aromatic carboxylic acids is 1. The van der Waals surface area contributed by atoms with Crippen molar-refractivity contribution in [3.63, 3.8) is 0 Å². The minimum atomic E-state index is -1.35. The third-order valence-corrected chi connectivity index (χ3v) is 5.25. The van der Waals surface area contributed by atoms with Gasteiger partial charge in [0.1, 0.15) is 12.1 Å². The lowest BCUT2D eigenvalue weighted by atomic mass is 10.0. The minimum Gasteiger partial charge on any atom is -0.477 e. The topological polar surface area (TPSA) is 88.4 Å². The Hall–Kier alpha value is -2.83. The van der Waals surface area contributed by atoms with Gasteiger partial charge in [0.2, 0.25) is 11.3 Å². The lowest BCUT2D eigenvalue weighted by Crippen LogP contribution is -2.26. The molecule has 0 radical (unpaired) electrons. The molecule has 8 heteroatoms. The molecule has 0 fully saturated rings. The summed E-state index contributed by atoms with van der Waals surface area (Å²) in [5.41, 5.74) is 1.03. The second-order valence-electron chi connectivity index (χ2n) is 6.22. The Morgan fingerprint density at radius 2 is 1.93 bits per heavy atom. The standard InChI is InChI=1S/C20H16Cl2N2O4/c1-23-17(25)10-24-9-14(20(27)28)19(26)13-8-11(5-6-16(13)24)7-12-3-2-4-15(21)18(12)22/h2-6,8-9H,7,10H2,1H3,(H,23,25)(H,27,28). The molecule has 6 nitrogen and oxygen atoms in total. The van der Waals surface area contributed by atoms with Crippen molar-refractivity contribution in [2.24, 2.45) is 0 Å². The number of rotatable bonds is 5. The second-order valence-corrected chi connectivity index (χ2v) is 7.00. The van der Waals surface area contributed by atoms with Crippen LogP contribution in [0.1, 0.15) is 21.5 Å². The summed E-state index contributed by atoms with van der Waals surface area (Å²) in [6.07, 6.45) is 1.61. The van der Waals surface area contributed by atoms with E-state index in [1.54, 1.807) is 30.3 Å². The van der Waals surface area contributed by atoms with Gasteiger partial charge < -0.3 is 15.0 Å². The van der Waals surface area contributed by atoms with Crippen LogP contribution in [-0.4, -0.2) is 28.6 Å². The van der Waals surface area contributed by atoms with Crippen molar-refractivity contribution in [2.45, 2.75) is 13.0 Å². The summed E-state index contributed by atoms with van der Waals surface area (Å²) in [4.78, 5) is 35.9. The summed E-state index contributed by atoms with van der Waals surface area (Å²) >= 11 is 12.3. The molecule has 0 aliphatic rings. The maximum Gasteiger partial charge on any atom is 0.341 e. The number of fused-ring (bicyclic) bond motifs is 1. The van der Waals surface area contributed by atoms with Crippen LogP contribution in [0, 0.1) is 0 Å². The van der Waals surface area contributed by atoms with Crippen LogP contribution in [0.4, 0.5) is 0 Å². The molecule has 1 heterocycles. The molecule has 3 rings (SSSR count). The summed E-state index contributed by atoms with van der Waals surface area (Å²) in [7, 11) is 1.48. The first kappa shape index (κ1) is 19.9. The molecule has 2 N–H and O–H groups in total. The molecule has 3 aromatic rings. The van der Waals surface area contributed by atoms with E-state index < -0.39 is 17.0 Å². The quantitative estimate of drug-likeness (QED) is 0.664. The number of benzene rings is 2. The molecule has 2 aromatic carbocycles. The molecular weight excluding hydrogens is 403 g/mol. The summed E-state index contributed by atoms with van der Waals surface area (Å²) in [5, 5.41) is 12.9. The Morgan fingerprint density at radius 3 is 2.61 bits per heavy atom. The number of amides is 1. The van der Waals surface area contributed by atoms with E-state index in [-0.39, 0.29) is 17.8 Å². The van der Waals surface area contributed by atoms with Crippen molar-refractivity contribution in [3.05, 3.63) is 79.6 Å². The number of halogens is 2. The van der Waals surface area contributed by atoms with Gasteiger partial charge in [-0.2, -0.15) is 0 Å². The highest BCUT2D eigenvalue weighted by Crippen LogP contribution is 2.28. The fourth-order valence-corrected chi connectivity index (χ4v) is 3.36. The number of carboxylic acid groups (broad SMARTS) is 1. The fraction of sp³-hybridized carbons (Fsp3) is 0.150. The van der Waals surface area contributed by atoms with E-state index in [9.17, 15) is 19.5 Å². The van der Waals surface area contributed by atoms with Crippen molar-refractivity contribution in [3.8, 4) is 0 Å². The third-order valence-electron chi connectivity index (χ3n) is 4.39. The molecular formula is C20H16Cl2N2O4. The van der Waals surface area contributed by atoms with Crippen LogP contribution in [0.3, 0.4) is 0 Å². The molecule has 144 valence electrons. The highest BCUT2D eigenvalue weighted by molar-refractivity contribution is 6.42. The number of carboxylic acids is 1. The largest absolute Gasteiger partial charge is 0.477 e. The molecule has 0 saturated carbocycles. The normalized spacial score (nSPS) is 10.8. The molecule has 0 unspecified atom stereocenters. The van der Waals surface area contributed by atoms with Gasteiger partial charge >= 0.3 is 5.97 Å². The SMILES string of the molecule is CNC(=O)Cn1cc(C(=O)O)c(=O)c2cc(Cc3cccc(Cl)c3Cl)ccc21. The number of carbonyl (C=O) groups is 2. The van der Waals surface area contributed by atoms with Crippen molar-refractivity contribution >= 4 is 46.0 Å². The number of hydrogen-bond donors (Lipinski definition) is 2. The van der Waals surface area contributed by atoms with E-state index in [1.807, 2.05) is 6.07 Å². The summed E-state index contributed by atoms with van der Waals surface area (Å²) in [6, 6.07) is 10.4. The van der Waals surface area contributed by atoms with Gasteiger partial charge in [0.25, 0.3) is 0 Å². The van der Waals surface area contributed by atoms with Crippen molar-refractivity contribution in [1.29, 1.82) is 0 Å². The number of nitrogens with zero attached hydrogens (tertiary/aromatic N) is 1. The van der Waals surface area contributed by atoms with Gasteiger partial charge in [-0.1, -0.05) is 41.4 Å². The van der Waals surface area contributed by atoms with Gasteiger partial charge in [-0.25, -0.2) is 4.79 Å². The highest BCUT2D eigenvalue weighted by atomic mass is 35.5. The zero-order valence-electron chi connectivity index (χ0n) is 14.8. The van der Waals surface area contributed by atoms with Crippen molar-refractivity contribution in [2.75, 3.05) is 7.05 Å². The Kier molecular flexibility index (Phi) is 5.72. The van der Waals surface area contributed by atoms with Crippen LogP contribution < -0.4 is 10.7 Å². The van der Waals surface area contributed by atoms with Gasteiger partial charge in [0, 0.05) is 18.6 Å². The molecule has 0 aliphatic heterocycles. The number of carbonyl (C=O) groups excluding carboxylic acids is 1. The molecule has 0 bridgehead atoms. The first-order valence-corrected chi connectivity index (χ1v) is 9.10. The van der Waals surface area contributed by atoms with E-state index >= 15 is 0 Å². The van der Waals surface area contributed by atoms with Crippen LogP contribution >= 0.6 is 23.2 Å². The van der Waals surface area contributed by atoms with Crippen LogP contribution in [0.5, 0.6) is 0 Å². The second kappa shape index (κ2) is 8.04. The number of hydrogen-bond acceptors (Lipinski definition) is 3. The summed E-state index contributed by atoms with van der Waals surface area (Å²) in [6.45, 7) is -0.104. The number of aromatic nitrogens is 1. The Bertz CT molecular complexity index is 1150. The first-order valence-electron chi connectivity index (χ1n) is 8.34.